The molecular weight excluding hydrogens is 282 g/mol. The molecule has 1 fully saturated rings. The number of nitrogens with one attached hydrogen (secondary N) is 2. The zero-order valence-corrected chi connectivity index (χ0v) is 12.0. The molecule has 1 aliphatic rings. The maximum Gasteiger partial charge on any atom is 0.311 e. The Labute approximate surface area is 120 Å². The summed E-state index contributed by atoms with van der Waals surface area (Å²) in [6.45, 7) is 3.86. The number of thiazole rings is 1. The molecule has 110 valence electrons. The van der Waals surface area contributed by atoms with E-state index in [9.17, 15) is 9.59 Å². The minimum atomic E-state index is -0.499. The Bertz CT molecular complexity index is 471. The van der Waals surface area contributed by atoms with Crippen LogP contribution in [0.3, 0.4) is 0 Å². The van der Waals surface area contributed by atoms with Crippen molar-refractivity contribution in [3.05, 3.63) is 11.1 Å². The van der Waals surface area contributed by atoms with Crippen molar-refractivity contribution in [2.45, 2.75) is 19.4 Å². The number of esters is 1. The normalized spacial score (nSPS) is 18.6. The number of rotatable bonds is 5. The van der Waals surface area contributed by atoms with Gasteiger partial charge in [-0.25, -0.2) is 4.98 Å². The number of carbonyl (C=O) groups excluding carboxylic acids is 2. The molecule has 1 saturated heterocycles. The lowest BCUT2D eigenvalue weighted by molar-refractivity contribution is -0.142. The molecule has 1 aromatic rings. The number of hydrogen-bond acceptors (Lipinski definition) is 7. The van der Waals surface area contributed by atoms with Gasteiger partial charge in [0.1, 0.15) is 6.10 Å². The molecule has 1 amide bonds. The van der Waals surface area contributed by atoms with Crippen molar-refractivity contribution in [1.29, 1.82) is 0 Å². The number of hydrogen-bond donors (Lipinski definition) is 2. The van der Waals surface area contributed by atoms with E-state index < -0.39 is 6.10 Å². The summed E-state index contributed by atoms with van der Waals surface area (Å²) in [4.78, 5) is 27.4. The molecule has 1 unspecified atom stereocenters. The first-order chi connectivity index (χ1) is 9.69. The lowest BCUT2D eigenvalue weighted by Crippen LogP contribution is -2.45. The summed E-state index contributed by atoms with van der Waals surface area (Å²) in [5.74, 6) is -0.551. The Morgan fingerprint density at radius 2 is 2.50 bits per heavy atom. The smallest absolute Gasteiger partial charge is 0.311 e. The van der Waals surface area contributed by atoms with Crippen LogP contribution in [-0.4, -0.2) is 49.3 Å². The van der Waals surface area contributed by atoms with E-state index in [1.807, 2.05) is 0 Å². The zero-order valence-electron chi connectivity index (χ0n) is 11.2. The first-order valence-electron chi connectivity index (χ1n) is 6.42. The molecule has 2 N–H and O–H groups in total. The predicted molar refractivity (Wildman–Crippen MR) is 73.7 cm³/mol. The van der Waals surface area contributed by atoms with Gasteiger partial charge in [-0.15, -0.1) is 11.3 Å². The molecule has 0 bridgehead atoms. The molecule has 8 heteroatoms. The van der Waals surface area contributed by atoms with E-state index in [0.717, 1.165) is 6.54 Å². The molecule has 0 spiro atoms. The van der Waals surface area contributed by atoms with Gasteiger partial charge in [0.15, 0.2) is 5.13 Å². The minimum absolute atomic E-state index is 0.113. The number of morpholine rings is 1. The quantitative estimate of drug-likeness (QED) is 0.754. The molecule has 1 atom stereocenters. The fourth-order valence-corrected chi connectivity index (χ4v) is 2.44. The zero-order chi connectivity index (χ0) is 14.4. The lowest BCUT2D eigenvalue weighted by Gasteiger charge is -2.22. The first kappa shape index (κ1) is 14.9. The minimum Gasteiger partial charge on any atom is -0.466 e. The van der Waals surface area contributed by atoms with E-state index in [4.69, 9.17) is 9.47 Å². The van der Waals surface area contributed by atoms with Crippen LogP contribution in [0.1, 0.15) is 12.6 Å². The van der Waals surface area contributed by atoms with Gasteiger partial charge in [-0.1, -0.05) is 0 Å². The van der Waals surface area contributed by atoms with Crippen molar-refractivity contribution in [1.82, 2.24) is 10.3 Å². The molecule has 0 radical (unpaired) electrons. The van der Waals surface area contributed by atoms with Crippen LogP contribution >= 0.6 is 11.3 Å². The van der Waals surface area contributed by atoms with Crippen molar-refractivity contribution < 1.29 is 19.1 Å². The van der Waals surface area contributed by atoms with Crippen LogP contribution in [0.4, 0.5) is 5.13 Å². The largest absolute Gasteiger partial charge is 0.466 e. The molecule has 0 aromatic carbocycles. The maximum atomic E-state index is 11.9. The van der Waals surface area contributed by atoms with Gasteiger partial charge in [0, 0.05) is 18.5 Å². The van der Waals surface area contributed by atoms with Crippen molar-refractivity contribution in [3.63, 3.8) is 0 Å². The average Bonchev–Trinajstić information content (AvgIpc) is 2.87. The van der Waals surface area contributed by atoms with Gasteiger partial charge in [-0.3, -0.25) is 14.9 Å². The third-order valence-corrected chi connectivity index (χ3v) is 3.44. The van der Waals surface area contributed by atoms with Gasteiger partial charge in [-0.05, 0) is 6.92 Å². The molecule has 20 heavy (non-hydrogen) atoms. The number of aromatic nitrogens is 1. The number of anilines is 1. The van der Waals surface area contributed by atoms with Crippen LogP contribution in [0.15, 0.2) is 5.38 Å². The summed E-state index contributed by atoms with van der Waals surface area (Å²) < 4.78 is 10.2. The Hall–Kier alpha value is -1.51. The molecule has 2 rings (SSSR count). The third-order valence-electron chi connectivity index (χ3n) is 2.63. The van der Waals surface area contributed by atoms with Crippen LogP contribution in [0.2, 0.25) is 0 Å². The van der Waals surface area contributed by atoms with Crippen LogP contribution in [0.5, 0.6) is 0 Å². The van der Waals surface area contributed by atoms with Gasteiger partial charge in [0.05, 0.1) is 25.3 Å². The average molecular weight is 299 g/mol. The second kappa shape index (κ2) is 7.32. The fraction of sp³-hybridized carbons (Fsp3) is 0.583. The highest BCUT2D eigenvalue weighted by atomic mass is 32.1. The van der Waals surface area contributed by atoms with E-state index in [1.165, 1.54) is 11.3 Å². The summed E-state index contributed by atoms with van der Waals surface area (Å²) in [6.07, 6.45) is -0.386. The van der Waals surface area contributed by atoms with Gasteiger partial charge in [0.25, 0.3) is 5.91 Å². The lowest BCUT2D eigenvalue weighted by atomic mass is 10.3. The summed E-state index contributed by atoms with van der Waals surface area (Å²) in [5.41, 5.74) is 0.589. The van der Waals surface area contributed by atoms with Gasteiger partial charge >= 0.3 is 5.97 Å². The first-order valence-corrected chi connectivity index (χ1v) is 7.30. The Morgan fingerprint density at radius 3 is 3.20 bits per heavy atom. The summed E-state index contributed by atoms with van der Waals surface area (Å²) in [6, 6.07) is 0. The van der Waals surface area contributed by atoms with E-state index in [1.54, 1.807) is 12.3 Å². The fourth-order valence-electron chi connectivity index (χ4n) is 1.73. The van der Waals surface area contributed by atoms with E-state index in [0.29, 0.717) is 30.6 Å². The van der Waals surface area contributed by atoms with Gasteiger partial charge < -0.3 is 14.8 Å². The van der Waals surface area contributed by atoms with Crippen LogP contribution in [-0.2, 0) is 25.5 Å². The topological polar surface area (TPSA) is 89.5 Å². The molecule has 7 nitrogen and oxygen atoms in total. The Morgan fingerprint density at radius 1 is 1.65 bits per heavy atom. The van der Waals surface area contributed by atoms with Gasteiger partial charge in [-0.2, -0.15) is 0 Å². The second-order valence-electron chi connectivity index (χ2n) is 4.18. The van der Waals surface area contributed by atoms with Crippen molar-refractivity contribution in [2.24, 2.45) is 0 Å². The predicted octanol–water partition coefficient (Wildman–Crippen LogP) is 0.176. The second-order valence-corrected chi connectivity index (χ2v) is 5.04. The number of nitrogens with zero attached hydrogens (tertiary/aromatic N) is 1. The molecule has 1 aromatic heterocycles. The molecule has 0 saturated carbocycles. The summed E-state index contributed by atoms with van der Waals surface area (Å²) in [5, 5.41) is 7.96. The summed E-state index contributed by atoms with van der Waals surface area (Å²) >= 11 is 1.28. The SMILES string of the molecule is CCOC(=O)Cc1csc(NC(=O)C2CNCCO2)n1. The van der Waals surface area contributed by atoms with E-state index >= 15 is 0 Å². The maximum absolute atomic E-state index is 11.9. The Balaban J connectivity index is 1.85. The highest BCUT2D eigenvalue weighted by Crippen LogP contribution is 2.16. The van der Waals surface area contributed by atoms with E-state index in [2.05, 4.69) is 15.6 Å². The molecular formula is C12H17N3O4S. The monoisotopic (exact) mass is 299 g/mol. The van der Waals surface area contributed by atoms with Crippen molar-refractivity contribution in [3.8, 4) is 0 Å². The van der Waals surface area contributed by atoms with E-state index in [-0.39, 0.29) is 18.3 Å². The van der Waals surface area contributed by atoms with Crippen molar-refractivity contribution in [2.75, 3.05) is 31.6 Å². The number of amides is 1. The number of carbonyl (C=O) groups is 2. The molecule has 0 aliphatic carbocycles. The summed E-state index contributed by atoms with van der Waals surface area (Å²) in [7, 11) is 0. The van der Waals surface area contributed by atoms with Crippen LogP contribution in [0, 0.1) is 0 Å². The Kier molecular flexibility index (Phi) is 5.45. The highest BCUT2D eigenvalue weighted by Gasteiger charge is 2.22. The standard InChI is InChI=1S/C12H17N3O4S/c1-2-18-10(16)5-8-7-20-12(14-8)15-11(17)9-6-13-3-4-19-9/h7,9,13H,2-6H2,1H3,(H,14,15,17). The third kappa shape index (κ3) is 4.26. The van der Waals surface area contributed by atoms with Crippen LogP contribution < -0.4 is 10.6 Å². The van der Waals surface area contributed by atoms with Crippen molar-refractivity contribution >= 4 is 28.3 Å². The van der Waals surface area contributed by atoms with Crippen LogP contribution in [0.25, 0.3) is 0 Å². The molecule has 2 heterocycles. The molecule has 1 aliphatic heterocycles. The highest BCUT2D eigenvalue weighted by molar-refractivity contribution is 7.13. The number of ether oxygens (including phenoxy) is 2. The van der Waals surface area contributed by atoms with Gasteiger partial charge in [0.2, 0.25) is 0 Å².